The average molecular weight is 333 g/mol. The molecule has 6 nitrogen and oxygen atoms in total. The molecule has 2 heterocycles. The first-order valence-corrected chi connectivity index (χ1v) is 9.03. The van der Waals surface area contributed by atoms with Crippen LogP contribution in [0.3, 0.4) is 0 Å². The third-order valence-corrected chi connectivity index (χ3v) is 5.44. The Balaban J connectivity index is 1.82. The maximum atomic E-state index is 12.6. The Morgan fingerprint density at radius 1 is 1.26 bits per heavy atom. The van der Waals surface area contributed by atoms with Gasteiger partial charge in [0.15, 0.2) is 5.82 Å². The summed E-state index contributed by atoms with van der Waals surface area (Å²) in [6, 6.07) is 7.32. The van der Waals surface area contributed by atoms with Gasteiger partial charge in [-0.1, -0.05) is 35.0 Å². The fraction of sp³-hybridized carbons (Fsp3) is 0.375. The molecule has 1 saturated heterocycles. The predicted octanol–water partition coefficient (Wildman–Crippen LogP) is 2.82. The predicted molar refractivity (Wildman–Crippen MR) is 86.8 cm³/mol. The Morgan fingerprint density at radius 3 is 2.65 bits per heavy atom. The van der Waals surface area contributed by atoms with E-state index in [-0.39, 0.29) is 6.04 Å². The van der Waals surface area contributed by atoms with Crippen molar-refractivity contribution in [3.05, 3.63) is 52.5 Å². The van der Waals surface area contributed by atoms with Crippen LogP contribution in [0.5, 0.6) is 0 Å². The minimum atomic E-state index is -3.53. The summed E-state index contributed by atoms with van der Waals surface area (Å²) < 4.78 is 31.8. The van der Waals surface area contributed by atoms with Gasteiger partial charge in [0, 0.05) is 12.0 Å². The lowest BCUT2D eigenvalue weighted by molar-refractivity contribution is 0.291. The lowest BCUT2D eigenvalue weighted by atomic mass is 10.2. The summed E-state index contributed by atoms with van der Waals surface area (Å²) in [7, 11) is -3.53. The monoisotopic (exact) mass is 333 g/mol. The van der Waals surface area contributed by atoms with Gasteiger partial charge in [-0.15, -0.1) is 0 Å². The summed E-state index contributed by atoms with van der Waals surface area (Å²) in [5, 5.41) is 5.00. The minimum absolute atomic E-state index is 0.368. The number of aromatic nitrogens is 2. The van der Waals surface area contributed by atoms with Crippen LogP contribution in [0.15, 0.2) is 34.2 Å². The SMILES string of the molecule is Cc1ccc(/C=C/S(=O)(=O)N2CCCC2c2nc(C)no2)cc1. The van der Waals surface area contributed by atoms with Gasteiger partial charge in [-0.3, -0.25) is 0 Å². The van der Waals surface area contributed by atoms with E-state index in [1.54, 1.807) is 13.0 Å². The van der Waals surface area contributed by atoms with Gasteiger partial charge in [0.05, 0.1) is 0 Å². The molecule has 0 N–H and O–H groups in total. The molecule has 1 atom stereocenters. The Kier molecular flexibility index (Phi) is 4.32. The van der Waals surface area contributed by atoms with Gasteiger partial charge in [-0.25, -0.2) is 8.42 Å². The van der Waals surface area contributed by atoms with E-state index in [2.05, 4.69) is 10.1 Å². The molecule has 1 aliphatic rings. The number of benzene rings is 1. The van der Waals surface area contributed by atoms with Crippen LogP contribution < -0.4 is 0 Å². The molecule has 1 unspecified atom stereocenters. The normalized spacial score (nSPS) is 19.7. The Hall–Kier alpha value is -1.99. The standard InChI is InChI=1S/C16H19N3O3S/c1-12-5-7-14(8-6-12)9-11-23(20,21)19-10-3-4-15(19)16-17-13(2)18-22-16/h5-9,11,15H,3-4,10H2,1-2H3/b11-9+. The Morgan fingerprint density at radius 2 is 2.00 bits per heavy atom. The van der Waals surface area contributed by atoms with Gasteiger partial charge in [0.1, 0.15) is 6.04 Å². The second-order valence-corrected chi connectivity index (χ2v) is 7.48. The fourth-order valence-electron chi connectivity index (χ4n) is 2.66. The molecule has 0 aliphatic carbocycles. The molecule has 2 aromatic rings. The van der Waals surface area contributed by atoms with Crippen molar-refractivity contribution < 1.29 is 12.9 Å². The van der Waals surface area contributed by atoms with Crippen LogP contribution in [0.4, 0.5) is 0 Å². The molecule has 1 aromatic heterocycles. The molecule has 3 rings (SSSR count). The highest BCUT2D eigenvalue weighted by Crippen LogP contribution is 2.33. The summed E-state index contributed by atoms with van der Waals surface area (Å²) in [4.78, 5) is 4.18. The van der Waals surface area contributed by atoms with Crippen LogP contribution in [0.2, 0.25) is 0 Å². The van der Waals surface area contributed by atoms with Crippen LogP contribution in [-0.4, -0.2) is 29.4 Å². The van der Waals surface area contributed by atoms with Crippen LogP contribution >= 0.6 is 0 Å². The molecule has 7 heteroatoms. The van der Waals surface area contributed by atoms with Gasteiger partial charge in [-0.05, 0) is 38.3 Å². The summed E-state index contributed by atoms with van der Waals surface area (Å²) in [6.45, 7) is 4.18. The highest BCUT2D eigenvalue weighted by molar-refractivity contribution is 7.92. The largest absolute Gasteiger partial charge is 0.338 e. The maximum Gasteiger partial charge on any atom is 0.245 e. The summed E-state index contributed by atoms with van der Waals surface area (Å²) in [6.07, 6.45) is 3.09. The van der Waals surface area contributed by atoms with Gasteiger partial charge in [-0.2, -0.15) is 9.29 Å². The number of hydrogen-bond acceptors (Lipinski definition) is 5. The van der Waals surface area contributed by atoms with E-state index in [9.17, 15) is 8.42 Å². The van der Waals surface area contributed by atoms with Crippen molar-refractivity contribution in [1.29, 1.82) is 0 Å². The molecule has 0 bridgehead atoms. The molecule has 0 saturated carbocycles. The van der Waals surface area contributed by atoms with Crippen molar-refractivity contribution in [3.63, 3.8) is 0 Å². The highest BCUT2D eigenvalue weighted by atomic mass is 32.2. The second kappa shape index (κ2) is 6.25. The van der Waals surface area contributed by atoms with E-state index < -0.39 is 10.0 Å². The second-order valence-electron chi connectivity index (χ2n) is 5.71. The molecule has 1 aromatic carbocycles. The van der Waals surface area contributed by atoms with Crippen molar-refractivity contribution in [3.8, 4) is 0 Å². The van der Waals surface area contributed by atoms with Crippen LogP contribution in [-0.2, 0) is 10.0 Å². The van der Waals surface area contributed by atoms with E-state index in [1.807, 2.05) is 31.2 Å². The van der Waals surface area contributed by atoms with Crippen molar-refractivity contribution in [1.82, 2.24) is 14.4 Å². The van der Waals surface area contributed by atoms with Gasteiger partial charge < -0.3 is 4.52 Å². The molecule has 0 spiro atoms. The molecule has 1 aliphatic heterocycles. The molecular formula is C16H19N3O3S. The van der Waals surface area contributed by atoms with Crippen molar-refractivity contribution >= 4 is 16.1 Å². The van der Waals surface area contributed by atoms with Crippen molar-refractivity contribution in [2.24, 2.45) is 0 Å². The third-order valence-electron chi connectivity index (χ3n) is 3.87. The number of hydrogen-bond donors (Lipinski definition) is 0. The van der Waals surface area contributed by atoms with E-state index in [1.165, 1.54) is 9.71 Å². The quantitative estimate of drug-likeness (QED) is 0.860. The zero-order valence-corrected chi connectivity index (χ0v) is 14.0. The Labute approximate surface area is 135 Å². The number of nitrogens with zero attached hydrogens (tertiary/aromatic N) is 3. The van der Waals surface area contributed by atoms with Crippen LogP contribution in [0, 0.1) is 13.8 Å². The van der Waals surface area contributed by atoms with E-state index >= 15 is 0 Å². The number of sulfonamides is 1. The first kappa shape index (κ1) is 15.9. The first-order chi connectivity index (χ1) is 11.0. The smallest absolute Gasteiger partial charge is 0.245 e. The molecule has 1 fully saturated rings. The number of aryl methyl sites for hydroxylation is 2. The zero-order valence-electron chi connectivity index (χ0n) is 13.1. The average Bonchev–Trinajstić information content (AvgIpc) is 3.15. The van der Waals surface area contributed by atoms with Crippen molar-refractivity contribution in [2.75, 3.05) is 6.54 Å². The van der Waals surface area contributed by atoms with Crippen molar-refractivity contribution in [2.45, 2.75) is 32.7 Å². The summed E-state index contributed by atoms with van der Waals surface area (Å²) in [5.74, 6) is 0.881. The summed E-state index contributed by atoms with van der Waals surface area (Å²) >= 11 is 0. The molecule has 0 radical (unpaired) electrons. The lowest BCUT2D eigenvalue weighted by Crippen LogP contribution is -2.29. The van der Waals surface area contributed by atoms with E-state index in [0.29, 0.717) is 24.7 Å². The molecule has 0 amide bonds. The number of rotatable bonds is 4. The maximum absolute atomic E-state index is 12.6. The lowest BCUT2D eigenvalue weighted by Gasteiger charge is -2.19. The van der Waals surface area contributed by atoms with Crippen LogP contribution in [0.1, 0.15) is 41.7 Å². The molecule has 23 heavy (non-hydrogen) atoms. The first-order valence-electron chi connectivity index (χ1n) is 7.52. The third kappa shape index (κ3) is 3.51. The topological polar surface area (TPSA) is 76.3 Å². The van der Waals surface area contributed by atoms with E-state index in [4.69, 9.17) is 4.52 Å². The highest BCUT2D eigenvalue weighted by Gasteiger charge is 2.37. The van der Waals surface area contributed by atoms with Gasteiger partial charge in [0.2, 0.25) is 15.9 Å². The van der Waals surface area contributed by atoms with Gasteiger partial charge in [0.25, 0.3) is 0 Å². The fourth-order valence-corrected chi connectivity index (χ4v) is 4.08. The molecular weight excluding hydrogens is 314 g/mol. The minimum Gasteiger partial charge on any atom is -0.338 e. The zero-order chi connectivity index (χ0) is 16.4. The van der Waals surface area contributed by atoms with Crippen LogP contribution in [0.25, 0.3) is 6.08 Å². The Bertz CT molecular complexity index is 809. The summed E-state index contributed by atoms with van der Waals surface area (Å²) in [5.41, 5.74) is 1.99. The van der Waals surface area contributed by atoms with E-state index in [0.717, 1.165) is 17.5 Å². The molecule has 122 valence electrons. The van der Waals surface area contributed by atoms with Gasteiger partial charge >= 0.3 is 0 Å².